The Morgan fingerprint density at radius 2 is 2.13 bits per heavy atom. The highest BCUT2D eigenvalue weighted by atomic mass is 35.5. The van der Waals surface area contributed by atoms with Crippen molar-refractivity contribution < 1.29 is 17.6 Å². The minimum atomic E-state index is -3.27. The van der Waals surface area contributed by atoms with Crippen molar-refractivity contribution in [2.75, 3.05) is 17.7 Å². The average Bonchev–Trinajstić information content (AvgIpc) is 3.15. The molecule has 1 aromatic heterocycles. The summed E-state index contributed by atoms with van der Waals surface area (Å²) in [6.45, 7) is 2.32. The number of carbonyl (C=O) groups excluding carboxylic acids is 1. The maximum absolute atomic E-state index is 14.4. The summed E-state index contributed by atoms with van der Waals surface area (Å²) in [7, 11) is -3.27. The van der Waals surface area contributed by atoms with Crippen LogP contribution in [0.3, 0.4) is 0 Å². The monoisotopic (exact) mass is 452 g/mol. The van der Waals surface area contributed by atoms with Gasteiger partial charge in [-0.05, 0) is 31.9 Å². The summed E-state index contributed by atoms with van der Waals surface area (Å²) >= 11 is 6.23. The van der Waals surface area contributed by atoms with Crippen LogP contribution in [0.1, 0.15) is 41.9 Å². The average molecular weight is 453 g/mol. The Bertz CT molecular complexity index is 1040. The number of nitrogens with zero attached hydrogens (tertiary/aromatic N) is 3. The summed E-state index contributed by atoms with van der Waals surface area (Å²) in [4.78, 5) is 22.7. The molecule has 10 heteroatoms. The van der Waals surface area contributed by atoms with Crippen molar-refractivity contribution in [3.05, 3.63) is 64.2 Å². The molecule has 0 bridgehead atoms. The zero-order chi connectivity index (χ0) is 21.9. The first-order valence-corrected chi connectivity index (χ1v) is 11.7. The molecule has 0 saturated carbocycles. The van der Waals surface area contributed by atoms with Gasteiger partial charge in [0, 0.05) is 34.8 Å². The SMILES string of the molecule is C[C@H](/C=C/S(C)(=O)=O)NC(=O)c1cnc(N2CCC[C@H]2c2c(F)cccc2Cl)cn1. The van der Waals surface area contributed by atoms with E-state index in [-0.39, 0.29) is 17.6 Å². The van der Waals surface area contributed by atoms with E-state index in [0.717, 1.165) is 24.5 Å². The molecule has 1 aliphatic rings. The Hall–Kier alpha value is -2.52. The van der Waals surface area contributed by atoms with Gasteiger partial charge in [-0.2, -0.15) is 0 Å². The molecule has 0 unspecified atom stereocenters. The van der Waals surface area contributed by atoms with Crippen LogP contribution >= 0.6 is 11.6 Å². The molecular weight excluding hydrogens is 431 g/mol. The predicted octanol–water partition coefficient (Wildman–Crippen LogP) is 3.29. The molecule has 3 rings (SSSR count). The van der Waals surface area contributed by atoms with Crippen LogP contribution in [0.15, 0.2) is 42.1 Å². The van der Waals surface area contributed by atoms with E-state index in [9.17, 15) is 17.6 Å². The van der Waals surface area contributed by atoms with Gasteiger partial charge < -0.3 is 10.2 Å². The molecule has 2 heterocycles. The molecule has 1 aromatic carbocycles. The topological polar surface area (TPSA) is 92.3 Å². The molecule has 7 nitrogen and oxygen atoms in total. The van der Waals surface area contributed by atoms with Crippen LogP contribution in [0.25, 0.3) is 0 Å². The van der Waals surface area contributed by atoms with E-state index >= 15 is 0 Å². The highest BCUT2D eigenvalue weighted by Crippen LogP contribution is 2.39. The van der Waals surface area contributed by atoms with E-state index in [4.69, 9.17) is 11.6 Å². The second-order valence-electron chi connectivity index (χ2n) is 7.17. The van der Waals surface area contributed by atoms with E-state index in [2.05, 4.69) is 15.3 Å². The lowest BCUT2D eigenvalue weighted by molar-refractivity contribution is 0.0941. The second-order valence-corrected chi connectivity index (χ2v) is 9.51. The Kier molecular flexibility index (Phi) is 6.72. The lowest BCUT2D eigenvalue weighted by atomic mass is 10.0. The van der Waals surface area contributed by atoms with Gasteiger partial charge in [0.05, 0.1) is 18.4 Å². The standard InChI is InChI=1S/C20H22ClFN4O3S/c1-13(8-10-30(2,28)29)25-20(27)16-11-24-18(12-23-16)26-9-4-7-17(26)19-14(21)5-3-6-15(19)22/h3,5-6,8,10-13,17H,4,7,9H2,1-2H3,(H,25,27)/b10-8+/t13-,17+/m1/s1. The fourth-order valence-electron chi connectivity index (χ4n) is 3.35. The van der Waals surface area contributed by atoms with Gasteiger partial charge in [-0.25, -0.2) is 22.8 Å². The fourth-order valence-corrected chi connectivity index (χ4v) is 4.16. The maximum Gasteiger partial charge on any atom is 0.271 e. The van der Waals surface area contributed by atoms with Crippen molar-refractivity contribution in [2.45, 2.75) is 31.8 Å². The van der Waals surface area contributed by atoms with Gasteiger partial charge in [-0.15, -0.1) is 0 Å². The van der Waals surface area contributed by atoms with E-state index in [1.54, 1.807) is 19.1 Å². The maximum atomic E-state index is 14.4. The van der Waals surface area contributed by atoms with Crippen molar-refractivity contribution in [3.8, 4) is 0 Å². The van der Waals surface area contributed by atoms with Crippen molar-refractivity contribution in [3.63, 3.8) is 0 Å². The van der Waals surface area contributed by atoms with Gasteiger partial charge in [-0.1, -0.05) is 23.7 Å². The van der Waals surface area contributed by atoms with Gasteiger partial charge >= 0.3 is 0 Å². The molecule has 0 radical (unpaired) electrons. The number of nitrogens with one attached hydrogen (secondary N) is 1. The summed E-state index contributed by atoms with van der Waals surface area (Å²) in [6, 6.07) is 3.86. The van der Waals surface area contributed by atoms with Crippen molar-refractivity contribution in [1.29, 1.82) is 0 Å². The largest absolute Gasteiger partial charge is 0.348 e. The van der Waals surface area contributed by atoms with E-state index in [0.29, 0.717) is 22.9 Å². The van der Waals surface area contributed by atoms with E-state index in [1.165, 1.54) is 24.5 Å². The number of rotatable bonds is 6. The summed E-state index contributed by atoms with van der Waals surface area (Å²) in [5.41, 5.74) is 0.532. The minimum absolute atomic E-state index is 0.0954. The molecule has 1 fully saturated rings. The summed E-state index contributed by atoms with van der Waals surface area (Å²) in [6.07, 6.45) is 6.84. The first-order valence-electron chi connectivity index (χ1n) is 9.37. The van der Waals surface area contributed by atoms with Crippen molar-refractivity contribution in [1.82, 2.24) is 15.3 Å². The molecule has 1 amide bonds. The van der Waals surface area contributed by atoms with Crippen LogP contribution in [-0.4, -0.2) is 43.1 Å². The highest BCUT2D eigenvalue weighted by Gasteiger charge is 2.31. The molecule has 30 heavy (non-hydrogen) atoms. The van der Waals surface area contributed by atoms with Gasteiger partial charge in [0.1, 0.15) is 17.3 Å². The third kappa shape index (κ3) is 5.34. The lowest BCUT2D eigenvalue weighted by Crippen LogP contribution is -2.32. The van der Waals surface area contributed by atoms with Crippen LogP contribution in [0.5, 0.6) is 0 Å². The first-order chi connectivity index (χ1) is 14.2. The first kappa shape index (κ1) is 22.2. The lowest BCUT2D eigenvalue weighted by Gasteiger charge is -2.26. The number of anilines is 1. The Morgan fingerprint density at radius 1 is 1.37 bits per heavy atom. The van der Waals surface area contributed by atoms with E-state index in [1.807, 2.05) is 4.90 Å². The van der Waals surface area contributed by atoms with Crippen LogP contribution in [0, 0.1) is 5.82 Å². The minimum Gasteiger partial charge on any atom is -0.348 e. The molecule has 2 aromatic rings. The van der Waals surface area contributed by atoms with Crippen LogP contribution in [0.4, 0.5) is 10.2 Å². The third-order valence-electron chi connectivity index (χ3n) is 4.72. The number of aromatic nitrogens is 2. The number of sulfone groups is 1. The number of halogens is 2. The third-order valence-corrected chi connectivity index (χ3v) is 5.71. The van der Waals surface area contributed by atoms with E-state index < -0.39 is 21.8 Å². The molecule has 1 aliphatic heterocycles. The molecule has 1 N–H and O–H groups in total. The smallest absolute Gasteiger partial charge is 0.271 e. The van der Waals surface area contributed by atoms with Crippen LogP contribution < -0.4 is 10.2 Å². The Morgan fingerprint density at radius 3 is 2.77 bits per heavy atom. The second kappa shape index (κ2) is 9.09. The number of amides is 1. The number of hydrogen-bond donors (Lipinski definition) is 1. The summed E-state index contributed by atoms with van der Waals surface area (Å²) in [5, 5.41) is 4.04. The van der Waals surface area contributed by atoms with Crippen LogP contribution in [-0.2, 0) is 9.84 Å². The Balaban J connectivity index is 1.73. The quantitative estimate of drug-likeness (QED) is 0.723. The Labute approximate surface area is 179 Å². The van der Waals surface area contributed by atoms with Crippen molar-refractivity contribution in [2.24, 2.45) is 0 Å². The summed E-state index contributed by atoms with van der Waals surface area (Å²) < 4.78 is 36.7. The molecular formula is C20H22ClFN4O3S. The highest BCUT2D eigenvalue weighted by molar-refractivity contribution is 7.93. The van der Waals surface area contributed by atoms with Gasteiger partial charge in [0.15, 0.2) is 9.84 Å². The van der Waals surface area contributed by atoms with Gasteiger partial charge in [-0.3, -0.25) is 4.79 Å². The normalized spacial score (nSPS) is 18.0. The van der Waals surface area contributed by atoms with Gasteiger partial charge in [0.2, 0.25) is 0 Å². The fraction of sp³-hybridized carbons (Fsp3) is 0.350. The molecule has 1 saturated heterocycles. The number of hydrogen-bond acceptors (Lipinski definition) is 6. The molecule has 0 aliphatic carbocycles. The predicted molar refractivity (Wildman–Crippen MR) is 114 cm³/mol. The molecule has 160 valence electrons. The molecule has 2 atom stereocenters. The van der Waals surface area contributed by atoms with Crippen molar-refractivity contribution >= 4 is 33.2 Å². The zero-order valence-electron chi connectivity index (χ0n) is 16.5. The number of carbonyl (C=O) groups is 1. The summed E-state index contributed by atoms with van der Waals surface area (Å²) in [5.74, 6) is -0.312. The zero-order valence-corrected chi connectivity index (χ0v) is 18.1. The molecule has 0 spiro atoms. The van der Waals surface area contributed by atoms with Crippen LogP contribution in [0.2, 0.25) is 5.02 Å². The number of benzene rings is 1. The van der Waals surface area contributed by atoms with Gasteiger partial charge in [0.25, 0.3) is 5.91 Å².